The van der Waals surface area contributed by atoms with Crippen molar-refractivity contribution in [2.45, 2.75) is 6.92 Å². The Labute approximate surface area is 125 Å². The minimum Gasteiger partial charge on any atom is -0.545 e. The van der Waals surface area contributed by atoms with Crippen molar-refractivity contribution in [2.75, 3.05) is 52.4 Å². The number of hydrogen-bond acceptors (Lipinski definition) is 6. The van der Waals surface area contributed by atoms with Gasteiger partial charge in [-0.2, -0.15) is 0 Å². The van der Waals surface area contributed by atoms with E-state index in [0.717, 1.165) is 6.92 Å². The van der Waals surface area contributed by atoms with Gasteiger partial charge in [0.05, 0.1) is 38.1 Å². The Kier molecular flexibility index (Phi) is 12.5. The van der Waals surface area contributed by atoms with E-state index in [1.807, 2.05) is 0 Å². The molecule has 2 heterocycles. The summed E-state index contributed by atoms with van der Waals surface area (Å²) in [7, 11) is 0. The van der Waals surface area contributed by atoms with Crippen LogP contribution >= 0.6 is 0 Å². The lowest BCUT2D eigenvalue weighted by molar-refractivity contribution is -0.657. The fourth-order valence-electron chi connectivity index (χ4n) is 1.59. The minimum atomic E-state index is -1.53. The first-order valence-electron chi connectivity index (χ1n) is 7.19. The molecule has 2 aliphatic heterocycles. The number of carbonyl (C=O) groups excluding carboxylic acids is 2. The van der Waals surface area contributed by atoms with Crippen LogP contribution in [0.4, 0.5) is 0 Å². The van der Waals surface area contributed by atoms with E-state index >= 15 is 0 Å². The number of carboxylic acid groups (broad SMARTS) is 2. The van der Waals surface area contributed by atoms with Crippen molar-refractivity contribution in [1.82, 2.24) is 10.6 Å². The average Bonchev–Trinajstić information content (AvgIpc) is 2.51. The van der Waals surface area contributed by atoms with Crippen LogP contribution in [0.15, 0.2) is 11.6 Å². The maximum Gasteiger partial charge on any atom is 0.0882 e. The molecule has 0 aliphatic carbocycles. The number of nitrogens with one attached hydrogen (secondary N) is 2. The highest BCUT2D eigenvalue weighted by atomic mass is 16.4. The van der Waals surface area contributed by atoms with Crippen LogP contribution in [0.25, 0.3) is 0 Å². The third kappa shape index (κ3) is 14.7. The van der Waals surface area contributed by atoms with Crippen molar-refractivity contribution in [1.29, 1.82) is 0 Å². The molecular weight excluding hydrogens is 276 g/mol. The van der Waals surface area contributed by atoms with Crippen molar-refractivity contribution in [3.63, 3.8) is 0 Å². The van der Waals surface area contributed by atoms with Gasteiger partial charge in [0.25, 0.3) is 0 Å². The van der Waals surface area contributed by atoms with Gasteiger partial charge in [-0.3, -0.25) is 0 Å². The van der Waals surface area contributed by atoms with Gasteiger partial charge in [-0.1, -0.05) is 0 Å². The first kappa shape index (κ1) is 19.5. The summed E-state index contributed by atoms with van der Waals surface area (Å²) < 4.78 is 0. The lowest BCUT2D eigenvalue weighted by Gasteiger charge is -2.07. The predicted molar refractivity (Wildman–Crippen MR) is 72.8 cm³/mol. The molecule has 21 heavy (non-hydrogen) atoms. The van der Waals surface area contributed by atoms with E-state index in [9.17, 15) is 19.8 Å². The smallest absolute Gasteiger partial charge is 0.0882 e. The van der Waals surface area contributed by atoms with Crippen molar-refractivity contribution in [2.24, 2.45) is 0 Å². The Morgan fingerprint density at radius 1 is 0.905 bits per heavy atom. The molecule has 6 N–H and O–H groups in total. The lowest BCUT2D eigenvalue weighted by Crippen LogP contribution is -2.89. The van der Waals surface area contributed by atoms with Crippen LogP contribution in [0.1, 0.15) is 6.92 Å². The summed E-state index contributed by atoms with van der Waals surface area (Å²) in [6.07, 6.45) is 0.468. The summed E-state index contributed by atoms with van der Waals surface area (Å²) >= 11 is 0. The molecule has 0 radical (unpaired) electrons. The SMILES string of the molecule is C/C(=C\C(=O)[O-])C(=O)[O-].C1C[NH2+]CCN1.C1C[NH2+]CCN1. The van der Waals surface area contributed by atoms with E-state index in [0.29, 0.717) is 6.08 Å². The number of piperazine rings is 2. The maximum atomic E-state index is 9.76. The van der Waals surface area contributed by atoms with E-state index in [1.54, 1.807) is 0 Å². The van der Waals surface area contributed by atoms with Crippen LogP contribution in [-0.2, 0) is 9.59 Å². The number of aliphatic carboxylic acids is 2. The molecule has 8 heteroatoms. The van der Waals surface area contributed by atoms with Gasteiger partial charge in [0.1, 0.15) is 0 Å². The molecule has 0 atom stereocenters. The zero-order valence-electron chi connectivity index (χ0n) is 12.5. The van der Waals surface area contributed by atoms with E-state index < -0.39 is 11.9 Å². The Hall–Kier alpha value is -1.48. The average molecular weight is 302 g/mol. The van der Waals surface area contributed by atoms with Crippen LogP contribution < -0.4 is 31.5 Å². The monoisotopic (exact) mass is 302 g/mol. The zero-order valence-corrected chi connectivity index (χ0v) is 12.5. The first-order valence-corrected chi connectivity index (χ1v) is 7.19. The van der Waals surface area contributed by atoms with Crippen LogP contribution in [0.3, 0.4) is 0 Å². The summed E-state index contributed by atoms with van der Waals surface area (Å²) in [5.41, 5.74) is -0.352. The molecule has 0 spiro atoms. The molecular formula is C13H26N4O4. The Morgan fingerprint density at radius 2 is 1.29 bits per heavy atom. The number of carboxylic acids is 2. The van der Waals surface area contributed by atoms with Gasteiger partial charge >= 0.3 is 0 Å². The standard InChI is InChI=1S/C5H6O4.2C4H10N2/c1-3(5(8)9)2-4(6)7;2*1-2-6-4-3-5-1/h2H,1H3,(H,6,7)(H,8,9);2*5-6H,1-4H2/b3-2+;;. The van der Waals surface area contributed by atoms with E-state index in [2.05, 4.69) is 21.3 Å². The van der Waals surface area contributed by atoms with Crippen molar-refractivity contribution >= 4 is 11.9 Å². The number of nitrogens with two attached hydrogens (primary N) is 2. The molecule has 0 saturated carbocycles. The topological polar surface area (TPSA) is 138 Å². The highest BCUT2D eigenvalue weighted by Gasteiger charge is 1.96. The first-order chi connectivity index (χ1) is 10.0. The summed E-state index contributed by atoms with van der Waals surface area (Å²) in [4.78, 5) is 19.4. The second-order valence-electron chi connectivity index (χ2n) is 4.67. The van der Waals surface area contributed by atoms with Crippen LogP contribution in [-0.4, -0.2) is 64.3 Å². The largest absolute Gasteiger partial charge is 0.545 e. The number of quaternary nitrogens is 2. The summed E-state index contributed by atoms with van der Waals surface area (Å²) in [6, 6.07) is 0. The van der Waals surface area contributed by atoms with Gasteiger partial charge < -0.3 is 41.1 Å². The van der Waals surface area contributed by atoms with E-state index in [4.69, 9.17) is 0 Å². The number of hydrogen-bond donors (Lipinski definition) is 4. The summed E-state index contributed by atoms with van der Waals surface area (Å²) in [5, 5.41) is 30.6. The molecule has 2 saturated heterocycles. The van der Waals surface area contributed by atoms with Gasteiger partial charge in [0.2, 0.25) is 0 Å². The van der Waals surface area contributed by atoms with Gasteiger partial charge in [0, 0.05) is 26.2 Å². The number of carbonyl (C=O) groups is 2. The zero-order chi connectivity index (χ0) is 15.9. The molecule has 0 bridgehead atoms. The molecule has 2 rings (SSSR count). The van der Waals surface area contributed by atoms with Crippen molar-refractivity contribution in [3.05, 3.63) is 11.6 Å². The van der Waals surface area contributed by atoms with E-state index in [1.165, 1.54) is 52.4 Å². The van der Waals surface area contributed by atoms with Gasteiger partial charge in [0.15, 0.2) is 0 Å². The molecule has 0 aromatic carbocycles. The molecule has 0 unspecified atom stereocenters. The molecule has 0 amide bonds. The third-order valence-corrected chi connectivity index (χ3v) is 2.76. The summed E-state index contributed by atoms with van der Waals surface area (Å²) in [6.45, 7) is 10.9. The lowest BCUT2D eigenvalue weighted by atomic mass is 10.3. The summed E-state index contributed by atoms with van der Waals surface area (Å²) in [5.74, 6) is -3.03. The van der Waals surface area contributed by atoms with Gasteiger partial charge in [-0.25, -0.2) is 0 Å². The minimum absolute atomic E-state index is 0.352. The van der Waals surface area contributed by atoms with Crippen LogP contribution in [0.2, 0.25) is 0 Å². The predicted octanol–water partition coefficient (Wildman–Crippen LogP) is -6.26. The second kappa shape index (κ2) is 13.5. The quantitative estimate of drug-likeness (QED) is 0.374. The molecule has 122 valence electrons. The van der Waals surface area contributed by atoms with Crippen molar-refractivity contribution < 1.29 is 30.4 Å². The van der Waals surface area contributed by atoms with Gasteiger partial charge in [-0.15, -0.1) is 0 Å². The highest BCUT2D eigenvalue weighted by molar-refractivity contribution is 5.92. The molecule has 8 nitrogen and oxygen atoms in total. The Balaban J connectivity index is 0.000000293. The fraction of sp³-hybridized carbons (Fsp3) is 0.692. The maximum absolute atomic E-state index is 9.76. The normalized spacial score (nSPS) is 18.4. The van der Waals surface area contributed by atoms with E-state index in [-0.39, 0.29) is 5.57 Å². The van der Waals surface area contributed by atoms with Gasteiger partial charge in [-0.05, 0) is 18.6 Å². The molecule has 2 fully saturated rings. The molecule has 2 aliphatic rings. The second-order valence-corrected chi connectivity index (χ2v) is 4.67. The number of rotatable bonds is 2. The fourth-order valence-corrected chi connectivity index (χ4v) is 1.59. The third-order valence-electron chi connectivity index (χ3n) is 2.76. The molecule has 0 aromatic rings. The van der Waals surface area contributed by atoms with Crippen LogP contribution in [0.5, 0.6) is 0 Å². The van der Waals surface area contributed by atoms with Crippen LogP contribution in [0, 0.1) is 0 Å². The Bertz CT molecular complexity index is 291. The Morgan fingerprint density at radius 3 is 1.38 bits per heavy atom. The van der Waals surface area contributed by atoms with Crippen molar-refractivity contribution in [3.8, 4) is 0 Å². The molecule has 0 aromatic heterocycles. The highest BCUT2D eigenvalue weighted by Crippen LogP contribution is 1.86.